The van der Waals surface area contributed by atoms with Gasteiger partial charge in [-0.25, -0.2) is 0 Å². The number of allylic oxidation sites excluding steroid dienone is 1. The van der Waals surface area contributed by atoms with Gasteiger partial charge in [0.15, 0.2) is 0 Å². The molecule has 4 rings (SSSR count). The van der Waals surface area contributed by atoms with Crippen molar-refractivity contribution >= 4 is 23.4 Å². The van der Waals surface area contributed by atoms with Gasteiger partial charge in [-0.1, -0.05) is 18.2 Å². The second kappa shape index (κ2) is 7.18. The Bertz CT molecular complexity index is 783. The van der Waals surface area contributed by atoms with Crippen molar-refractivity contribution in [3.05, 3.63) is 42.2 Å². The molecule has 2 heterocycles. The molecule has 0 saturated carbocycles. The molecule has 3 amide bonds. The van der Waals surface area contributed by atoms with Crippen molar-refractivity contribution < 1.29 is 19.1 Å². The average molecular weight is 368 g/mol. The maximum atomic E-state index is 13.2. The third kappa shape index (κ3) is 3.03. The lowest BCUT2D eigenvalue weighted by Crippen LogP contribution is -2.45. The zero-order valence-corrected chi connectivity index (χ0v) is 15.5. The third-order valence-electron chi connectivity index (χ3n) is 5.88. The summed E-state index contributed by atoms with van der Waals surface area (Å²) in [4.78, 5) is 42.5. The number of para-hydroxylation sites is 1. The molecule has 1 aromatic carbocycles. The van der Waals surface area contributed by atoms with Crippen molar-refractivity contribution in [3.63, 3.8) is 0 Å². The van der Waals surface area contributed by atoms with Crippen LogP contribution >= 0.6 is 0 Å². The number of imide groups is 1. The Hall–Kier alpha value is -2.63. The summed E-state index contributed by atoms with van der Waals surface area (Å²) < 4.78 is 5.40. The van der Waals surface area contributed by atoms with Gasteiger partial charge in [-0.05, 0) is 37.5 Å². The molecular weight excluding hydrogens is 344 g/mol. The average Bonchev–Trinajstić information content (AvgIpc) is 2.98. The van der Waals surface area contributed by atoms with Gasteiger partial charge in [-0.15, -0.1) is 0 Å². The zero-order chi connectivity index (χ0) is 19.0. The van der Waals surface area contributed by atoms with Crippen LogP contribution in [0.15, 0.2) is 42.2 Å². The molecule has 27 heavy (non-hydrogen) atoms. The van der Waals surface area contributed by atoms with E-state index in [1.54, 1.807) is 37.5 Å². The minimum absolute atomic E-state index is 0.0602. The van der Waals surface area contributed by atoms with Gasteiger partial charge < -0.3 is 9.64 Å². The molecule has 0 bridgehead atoms. The number of fused-ring (bicyclic) bond motifs is 1. The Labute approximate surface area is 158 Å². The molecule has 2 aliphatic heterocycles. The Balaban J connectivity index is 1.68. The number of likely N-dealkylation sites (tertiary alicyclic amines) is 1. The Morgan fingerprint density at radius 3 is 2.41 bits per heavy atom. The molecule has 1 aromatic rings. The van der Waals surface area contributed by atoms with E-state index < -0.39 is 17.8 Å². The molecule has 0 radical (unpaired) electrons. The number of nitrogens with zero attached hydrogens (tertiary/aromatic N) is 2. The number of piperidine rings is 1. The van der Waals surface area contributed by atoms with E-state index in [-0.39, 0.29) is 17.7 Å². The molecular formula is C21H24N2O4. The summed E-state index contributed by atoms with van der Waals surface area (Å²) in [5.41, 5.74) is 0.560. The van der Waals surface area contributed by atoms with Gasteiger partial charge >= 0.3 is 0 Å². The van der Waals surface area contributed by atoms with Crippen molar-refractivity contribution in [2.45, 2.75) is 25.7 Å². The fourth-order valence-electron chi connectivity index (χ4n) is 4.49. The molecule has 6 heteroatoms. The van der Waals surface area contributed by atoms with Crippen LogP contribution in [0.4, 0.5) is 5.69 Å². The summed E-state index contributed by atoms with van der Waals surface area (Å²) in [5.74, 6) is -1.80. The number of amides is 3. The van der Waals surface area contributed by atoms with Crippen LogP contribution in [0.2, 0.25) is 0 Å². The van der Waals surface area contributed by atoms with Crippen LogP contribution in [0.25, 0.3) is 0 Å². The van der Waals surface area contributed by atoms with Gasteiger partial charge in [0, 0.05) is 19.5 Å². The smallest absolute Gasteiger partial charge is 0.238 e. The fourth-order valence-corrected chi connectivity index (χ4v) is 4.49. The van der Waals surface area contributed by atoms with Crippen LogP contribution in [0, 0.1) is 17.8 Å². The summed E-state index contributed by atoms with van der Waals surface area (Å²) >= 11 is 0. The predicted molar refractivity (Wildman–Crippen MR) is 99.5 cm³/mol. The summed E-state index contributed by atoms with van der Waals surface area (Å²) in [6.07, 6.45) is 5.21. The van der Waals surface area contributed by atoms with Crippen molar-refractivity contribution in [2.24, 2.45) is 17.8 Å². The number of anilines is 1. The first kappa shape index (κ1) is 17.8. The summed E-state index contributed by atoms with van der Waals surface area (Å²) in [7, 11) is 1.55. The highest BCUT2D eigenvalue weighted by molar-refractivity contribution is 6.23. The lowest BCUT2D eigenvalue weighted by molar-refractivity contribution is -0.140. The van der Waals surface area contributed by atoms with Crippen LogP contribution in [0.5, 0.6) is 0 Å². The first-order chi connectivity index (χ1) is 13.1. The molecule has 6 nitrogen and oxygen atoms in total. The SMILES string of the molecule is COC1=C[C@H](C(=O)N2CCCCC2)[C@H]2C(=O)N(c3ccccc3)C(=O)[C@H]2C1. The highest BCUT2D eigenvalue weighted by Crippen LogP contribution is 2.43. The summed E-state index contributed by atoms with van der Waals surface area (Å²) in [6.45, 7) is 1.43. The second-order valence-corrected chi connectivity index (χ2v) is 7.43. The van der Waals surface area contributed by atoms with Crippen molar-refractivity contribution in [2.75, 3.05) is 25.1 Å². The van der Waals surface area contributed by atoms with Gasteiger partial charge in [0.25, 0.3) is 0 Å². The van der Waals surface area contributed by atoms with E-state index in [1.807, 2.05) is 11.0 Å². The normalized spacial score (nSPS) is 28.0. The first-order valence-corrected chi connectivity index (χ1v) is 9.58. The van der Waals surface area contributed by atoms with E-state index in [0.717, 1.165) is 19.3 Å². The van der Waals surface area contributed by atoms with Gasteiger partial charge in [-0.3, -0.25) is 19.3 Å². The largest absolute Gasteiger partial charge is 0.501 e. The van der Waals surface area contributed by atoms with Gasteiger partial charge in [0.2, 0.25) is 17.7 Å². The van der Waals surface area contributed by atoms with E-state index in [2.05, 4.69) is 0 Å². The van der Waals surface area contributed by atoms with Gasteiger partial charge in [-0.2, -0.15) is 0 Å². The maximum absolute atomic E-state index is 13.2. The minimum atomic E-state index is -0.647. The third-order valence-corrected chi connectivity index (χ3v) is 5.88. The standard InChI is InChI=1S/C21H24N2O4/c1-27-15-12-16(19(24)22-10-6-3-7-11-22)18-17(13-15)20(25)23(21(18)26)14-8-4-2-5-9-14/h2,4-5,8-9,12,16-18H,3,6-7,10-11,13H2,1H3/t16-,17-,18+/m0/s1. The highest BCUT2D eigenvalue weighted by atomic mass is 16.5. The maximum Gasteiger partial charge on any atom is 0.238 e. The van der Waals surface area contributed by atoms with Crippen LogP contribution in [-0.2, 0) is 19.1 Å². The first-order valence-electron chi connectivity index (χ1n) is 9.58. The molecule has 0 unspecified atom stereocenters. The van der Waals surface area contributed by atoms with E-state index in [1.165, 1.54) is 4.90 Å². The highest BCUT2D eigenvalue weighted by Gasteiger charge is 2.55. The predicted octanol–water partition coefficient (Wildman–Crippen LogP) is 2.35. The molecule has 0 spiro atoms. The number of rotatable bonds is 3. The molecule has 2 saturated heterocycles. The van der Waals surface area contributed by atoms with Crippen molar-refractivity contribution in [1.29, 1.82) is 0 Å². The van der Waals surface area contributed by atoms with Crippen LogP contribution in [0.1, 0.15) is 25.7 Å². The molecule has 3 aliphatic rings. The van der Waals surface area contributed by atoms with E-state index >= 15 is 0 Å². The Morgan fingerprint density at radius 2 is 1.74 bits per heavy atom. The Morgan fingerprint density at radius 1 is 1.04 bits per heavy atom. The lowest BCUT2D eigenvalue weighted by atomic mass is 9.75. The van der Waals surface area contributed by atoms with E-state index in [0.29, 0.717) is 31.0 Å². The van der Waals surface area contributed by atoms with Crippen LogP contribution in [-0.4, -0.2) is 42.8 Å². The number of hydrogen-bond acceptors (Lipinski definition) is 4. The number of methoxy groups -OCH3 is 1. The molecule has 1 aliphatic carbocycles. The number of ether oxygens (including phenoxy) is 1. The molecule has 0 aromatic heterocycles. The monoisotopic (exact) mass is 368 g/mol. The summed E-state index contributed by atoms with van der Waals surface area (Å²) in [5, 5.41) is 0. The minimum Gasteiger partial charge on any atom is -0.501 e. The quantitative estimate of drug-likeness (QED) is 0.768. The van der Waals surface area contributed by atoms with Crippen LogP contribution in [0.3, 0.4) is 0 Å². The zero-order valence-electron chi connectivity index (χ0n) is 15.5. The van der Waals surface area contributed by atoms with E-state index in [9.17, 15) is 14.4 Å². The van der Waals surface area contributed by atoms with Crippen LogP contribution < -0.4 is 4.90 Å². The van der Waals surface area contributed by atoms with E-state index in [4.69, 9.17) is 4.74 Å². The van der Waals surface area contributed by atoms with Gasteiger partial charge in [0.1, 0.15) is 0 Å². The number of hydrogen-bond donors (Lipinski definition) is 0. The van der Waals surface area contributed by atoms with Gasteiger partial charge in [0.05, 0.1) is 36.3 Å². The second-order valence-electron chi connectivity index (χ2n) is 7.43. The molecule has 2 fully saturated rings. The molecule has 142 valence electrons. The number of carbonyl (C=O) groups is 3. The lowest BCUT2D eigenvalue weighted by Gasteiger charge is -2.34. The number of benzene rings is 1. The molecule has 0 N–H and O–H groups in total. The summed E-state index contributed by atoms with van der Waals surface area (Å²) in [6, 6.07) is 8.94. The van der Waals surface area contributed by atoms with Crippen molar-refractivity contribution in [3.8, 4) is 0 Å². The topological polar surface area (TPSA) is 66.9 Å². The molecule has 3 atom stereocenters. The van der Waals surface area contributed by atoms with Crippen molar-refractivity contribution in [1.82, 2.24) is 4.90 Å². The number of carbonyl (C=O) groups excluding carboxylic acids is 3. The Kier molecular flexibility index (Phi) is 4.72. The fraction of sp³-hybridized carbons (Fsp3) is 0.476.